The van der Waals surface area contributed by atoms with E-state index in [0.717, 1.165) is 28.3 Å². The lowest BCUT2D eigenvalue weighted by Crippen LogP contribution is -2.30. The maximum atomic E-state index is 11.6. The van der Waals surface area contributed by atoms with Crippen LogP contribution in [0.3, 0.4) is 0 Å². The normalized spacial score (nSPS) is 17.7. The molecule has 164 valence electrons. The fourth-order valence-corrected chi connectivity index (χ4v) is 4.72. The summed E-state index contributed by atoms with van der Waals surface area (Å²) in [7, 11) is 0. The van der Waals surface area contributed by atoms with Crippen LogP contribution in [0, 0.1) is 6.92 Å². The van der Waals surface area contributed by atoms with Crippen molar-refractivity contribution in [2.45, 2.75) is 19.0 Å². The summed E-state index contributed by atoms with van der Waals surface area (Å²) in [5.41, 5.74) is 5.00. The van der Waals surface area contributed by atoms with Crippen LogP contribution in [0.2, 0.25) is 0 Å². The number of thiocarbonyl (C=S) groups is 1. The Hall–Kier alpha value is -3.97. The lowest BCUT2D eigenvalue weighted by Gasteiger charge is -2.29. The Morgan fingerprint density at radius 3 is 2.58 bits per heavy atom. The van der Waals surface area contributed by atoms with Crippen LogP contribution in [0.4, 0.5) is 5.69 Å². The lowest BCUT2D eigenvalue weighted by molar-refractivity contribution is 0.0697. The van der Waals surface area contributed by atoms with E-state index in [1.165, 1.54) is 0 Å². The van der Waals surface area contributed by atoms with E-state index in [4.69, 9.17) is 12.2 Å². The predicted octanol–water partition coefficient (Wildman–Crippen LogP) is 5.06. The summed E-state index contributed by atoms with van der Waals surface area (Å²) in [4.78, 5) is 18.3. The molecule has 2 N–H and O–H groups in total. The molecule has 3 heterocycles. The van der Waals surface area contributed by atoms with Crippen LogP contribution in [0.25, 0.3) is 5.69 Å². The van der Waals surface area contributed by atoms with Crippen LogP contribution in [0.1, 0.15) is 39.4 Å². The molecule has 0 bridgehead atoms. The predicted molar refractivity (Wildman–Crippen MR) is 132 cm³/mol. The number of carboxylic acids is 1. The third-order valence-corrected chi connectivity index (χ3v) is 6.15. The van der Waals surface area contributed by atoms with Crippen LogP contribution in [-0.2, 0) is 0 Å². The van der Waals surface area contributed by atoms with Gasteiger partial charge in [0, 0.05) is 29.5 Å². The first-order chi connectivity index (χ1) is 16.0. The highest BCUT2D eigenvalue weighted by molar-refractivity contribution is 7.80. The quantitative estimate of drug-likeness (QED) is 0.411. The van der Waals surface area contributed by atoms with Gasteiger partial charge in [-0.05, 0) is 79.3 Å². The molecular formula is C26H22N4O2S. The van der Waals surface area contributed by atoms with Gasteiger partial charge in [-0.15, -0.1) is 0 Å². The number of carbonyl (C=O) groups is 1. The molecule has 2 aromatic carbocycles. The Bertz CT molecular complexity index is 1330. The molecule has 6 nitrogen and oxygen atoms in total. The molecule has 0 spiro atoms. The van der Waals surface area contributed by atoms with Gasteiger partial charge in [0.05, 0.1) is 17.3 Å². The lowest BCUT2D eigenvalue weighted by atomic mass is 10.0. The highest BCUT2D eigenvalue weighted by Gasteiger charge is 2.42. The second-order valence-electron chi connectivity index (χ2n) is 7.99. The third kappa shape index (κ3) is 3.87. The van der Waals surface area contributed by atoms with Crippen molar-refractivity contribution in [3.63, 3.8) is 0 Å². The van der Waals surface area contributed by atoms with E-state index in [-0.39, 0.29) is 17.6 Å². The van der Waals surface area contributed by atoms with E-state index in [1.807, 2.05) is 59.3 Å². The number of carboxylic acid groups (broad SMARTS) is 1. The average molecular weight is 455 g/mol. The molecule has 0 radical (unpaired) electrons. The SMILES string of the molecule is Cc1cccc(N2C(=S)N[C@@H](c3ccccn3)[C@@H]2c2cccn2-c2cccc(C(=O)O)c2)c1. The number of nitrogens with one attached hydrogen (secondary N) is 1. The standard InChI is InChI=1S/C26H22N4O2S/c1-17-7-4-10-20(15-17)30-24(23(28-26(30)33)21-11-2-3-13-27-21)22-12-6-14-29(22)19-9-5-8-18(16-19)25(31)32/h2-16,23-24H,1H3,(H,28,33)(H,31,32)/t23-,24-/m0/s1. The summed E-state index contributed by atoms with van der Waals surface area (Å²) in [6.07, 6.45) is 3.73. The van der Waals surface area contributed by atoms with Crippen LogP contribution in [0.15, 0.2) is 91.3 Å². The minimum Gasteiger partial charge on any atom is -0.478 e. The van der Waals surface area contributed by atoms with Crippen molar-refractivity contribution in [3.05, 3.63) is 114 Å². The van der Waals surface area contributed by atoms with E-state index in [0.29, 0.717) is 5.11 Å². The molecule has 0 saturated carbocycles. The molecule has 2 atom stereocenters. The summed E-state index contributed by atoms with van der Waals surface area (Å²) in [5, 5.41) is 13.6. The van der Waals surface area contributed by atoms with E-state index >= 15 is 0 Å². The molecule has 5 rings (SSSR count). The number of aryl methyl sites for hydroxylation is 1. The monoisotopic (exact) mass is 454 g/mol. The fourth-order valence-electron chi connectivity index (χ4n) is 4.37. The molecule has 4 aromatic rings. The minimum absolute atomic E-state index is 0.185. The highest BCUT2D eigenvalue weighted by Crippen LogP contribution is 2.42. The maximum Gasteiger partial charge on any atom is 0.335 e. The second kappa shape index (κ2) is 8.52. The smallest absolute Gasteiger partial charge is 0.335 e. The summed E-state index contributed by atoms with van der Waals surface area (Å²) >= 11 is 5.81. The first-order valence-electron chi connectivity index (χ1n) is 10.6. The minimum atomic E-state index is -0.956. The van der Waals surface area contributed by atoms with E-state index in [9.17, 15) is 9.90 Å². The number of rotatable bonds is 5. The molecule has 7 heteroatoms. The first-order valence-corrected chi connectivity index (χ1v) is 11.0. The van der Waals surface area contributed by atoms with Gasteiger partial charge >= 0.3 is 5.97 Å². The molecule has 0 aliphatic carbocycles. The largest absolute Gasteiger partial charge is 0.478 e. The number of nitrogens with zero attached hydrogens (tertiary/aromatic N) is 3. The molecule has 33 heavy (non-hydrogen) atoms. The zero-order chi connectivity index (χ0) is 22.9. The van der Waals surface area contributed by atoms with Crippen molar-refractivity contribution in [2.24, 2.45) is 0 Å². The number of aromatic carboxylic acids is 1. The van der Waals surface area contributed by atoms with Crippen LogP contribution < -0.4 is 10.2 Å². The van der Waals surface area contributed by atoms with Gasteiger partial charge in [-0.25, -0.2) is 4.79 Å². The molecule has 1 fully saturated rings. The van der Waals surface area contributed by atoms with Crippen LogP contribution in [0.5, 0.6) is 0 Å². The first kappa shape index (κ1) is 20.9. The molecular weight excluding hydrogens is 432 g/mol. The van der Waals surface area contributed by atoms with Gasteiger partial charge in [-0.3, -0.25) is 4.98 Å². The molecule has 0 unspecified atom stereocenters. The van der Waals surface area contributed by atoms with Crippen molar-refractivity contribution in [1.82, 2.24) is 14.9 Å². The van der Waals surface area contributed by atoms with E-state index in [1.54, 1.807) is 24.4 Å². The Balaban J connectivity index is 1.67. The average Bonchev–Trinajstić information content (AvgIpc) is 3.44. The summed E-state index contributed by atoms with van der Waals surface area (Å²) in [6.45, 7) is 2.06. The van der Waals surface area contributed by atoms with Crippen LogP contribution >= 0.6 is 12.2 Å². The number of hydrogen-bond donors (Lipinski definition) is 2. The Morgan fingerprint density at radius 1 is 1.00 bits per heavy atom. The Kier molecular flexibility index (Phi) is 5.40. The Labute approximate surface area is 197 Å². The zero-order valence-electron chi connectivity index (χ0n) is 17.9. The van der Waals surface area contributed by atoms with Crippen molar-refractivity contribution in [1.29, 1.82) is 0 Å². The maximum absolute atomic E-state index is 11.6. The summed E-state index contributed by atoms with van der Waals surface area (Å²) in [5.74, 6) is -0.956. The van der Waals surface area contributed by atoms with Gasteiger partial charge in [0.15, 0.2) is 5.11 Å². The van der Waals surface area contributed by atoms with Gasteiger partial charge in [-0.1, -0.05) is 24.3 Å². The van der Waals surface area contributed by atoms with E-state index in [2.05, 4.69) is 34.3 Å². The number of hydrogen-bond acceptors (Lipinski definition) is 3. The van der Waals surface area contributed by atoms with Gasteiger partial charge in [-0.2, -0.15) is 0 Å². The zero-order valence-corrected chi connectivity index (χ0v) is 18.7. The van der Waals surface area contributed by atoms with Gasteiger partial charge in [0.25, 0.3) is 0 Å². The van der Waals surface area contributed by atoms with Crippen molar-refractivity contribution in [2.75, 3.05) is 4.90 Å². The Morgan fingerprint density at radius 2 is 1.82 bits per heavy atom. The van der Waals surface area contributed by atoms with Crippen molar-refractivity contribution >= 4 is 29.0 Å². The number of aromatic nitrogens is 2. The molecule has 0 amide bonds. The van der Waals surface area contributed by atoms with Crippen molar-refractivity contribution < 1.29 is 9.90 Å². The number of benzene rings is 2. The topological polar surface area (TPSA) is 70.4 Å². The van der Waals surface area contributed by atoms with Gasteiger partial charge < -0.3 is 19.9 Å². The fraction of sp³-hybridized carbons (Fsp3) is 0.115. The van der Waals surface area contributed by atoms with E-state index < -0.39 is 5.97 Å². The van der Waals surface area contributed by atoms with Gasteiger partial charge in [0.1, 0.15) is 6.04 Å². The van der Waals surface area contributed by atoms with Gasteiger partial charge in [0.2, 0.25) is 0 Å². The van der Waals surface area contributed by atoms with Crippen LogP contribution in [-0.4, -0.2) is 25.7 Å². The third-order valence-electron chi connectivity index (χ3n) is 5.83. The second-order valence-corrected chi connectivity index (χ2v) is 8.38. The summed E-state index contributed by atoms with van der Waals surface area (Å²) < 4.78 is 2.02. The number of anilines is 1. The molecule has 2 aromatic heterocycles. The molecule has 1 saturated heterocycles. The molecule has 1 aliphatic heterocycles. The van der Waals surface area contributed by atoms with Crippen molar-refractivity contribution in [3.8, 4) is 5.69 Å². The number of pyridine rings is 1. The summed E-state index contributed by atoms with van der Waals surface area (Å²) in [6, 6.07) is 24.7. The highest BCUT2D eigenvalue weighted by atomic mass is 32.1. The molecule has 1 aliphatic rings.